The Bertz CT molecular complexity index is 1010. The van der Waals surface area contributed by atoms with Gasteiger partial charge in [-0.05, 0) is 65.5 Å². The molecule has 1 unspecified atom stereocenters. The quantitative estimate of drug-likeness (QED) is 0.531. The molecule has 2 N–H and O–H groups in total. The van der Waals surface area contributed by atoms with Crippen molar-refractivity contribution in [2.75, 3.05) is 0 Å². The zero-order chi connectivity index (χ0) is 19.1. The van der Waals surface area contributed by atoms with Crippen molar-refractivity contribution in [2.45, 2.75) is 18.9 Å². The lowest BCUT2D eigenvalue weighted by Gasteiger charge is -2.28. The van der Waals surface area contributed by atoms with Crippen molar-refractivity contribution in [3.8, 4) is 0 Å². The molecule has 2 aliphatic rings. The molecule has 2 aromatic rings. The number of carbonyl (C=O) groups is 1. The van der Waals surface area contributed by atoms with Crippen LogP contribution >= 0.6 is 46.4 Å². The second kappa shape index (κ2) is 7.40. The van der Waals surface area contributed by atoms with E-state index < -0.39 is 0 Å². The Balaban J connectivity index is 1.76. The van der Waals surface area contributed by atoms with Gasteiger partial charge in [0.15, 0.2) is 0 Å². The third-order valence-corrected chi connectivity index (χ3v) is 5.86. The molecular formula is C20H14Cl4N2O. The van der Waals surface area contributed by atoms with Crippen molar-refractivity contribution in [1.82, 2.24) is 10.6 Å². The van der Waals surface area contributed by atoms with Gasteiger partial charge in [-0.1, -0.05) is 58.5 Å². The van der Waals surface area contributed by atoms with Gasteiger partial charge < -0.3 is 10.6 Å². The lowest BCUT2D eigenvalue weighted by Crippen LogP contribution is -2.43. The summed E-state index contributed by atoms with van der Waals surface area (Å²) in [5.74, 6) is 0. The average Bonchev–Trinajstić information content (AvgIpc) is 2.99. The van der Waals surface area contributed by atoms with E-state index in [9.17, 15) is 4.79 Å². The highest BCUT2D eigenvalue weighted by Gasteiger charge is 2.34. The Morgan fingerprint density at radius 1 is 0.926 bits per heavy atom. The molecule has 0 aromatic heterocycles. The smallest absolute Gasteiger partial charge is 0.319 e. The fourth-order valence-corrected chi connectivity index (χ4v) is 4.47. The van der Waals surface area contributed by atoms with Crippen LogP contribution in [0.1, 0.15) is 30.0 Å². The van der Waals surface area contributed by atoms with E-state index in [2.05, 4.69) is 10.6 Å². The molecule has 4 rings (SSSR count). The number of urea groups is 1. The van der Waals surface area contributed by atoms with Crippen molar-refractivity contribution in [3.05, 3.63) is 84.5 Å². The molecule has 1 aliphatic heterocycles. The van der Waals surface area contributed by atoms with E-state index in [1.165, 1.54) is 0 Å². The number of carbonyl (C=O) groups excluding carboxylic acids is 1. The molecule has 1 atom stereocenters. The number of hydrogen-bond donors (Lipinski definition) is 2. The molecule has 0 bridgehead atoms. The first kappa shape index (κ1) is 18.7. The summed E-state index contributed by atoms with van der Waals surface area (Å²) in [5, 5.41) is 8.14. The summed E-state index contributed by atoms with van der Waals surface area (Å²) in [4.78, 5) is 12.3. The summed E-state index contributed by atoms with van der Waals surface area (Å²) in [7, 11) is 0. The topological polar surface area (TPSA) is 41.1 Å². The normalized spacial score (nSPS) is 20.5. The minimum absolute atomic E-state index is 0.264. The second-order valence-electron chi connectivity index (χ2n) is 6.43. The SMILES string of the molecule is O=C1NC2=C(CCC2=Cc2ccc(Cl)cc2Cl)C(c2ccc(Cl)cc2Cl)N1. The van der Waals surface area contributed by atoms with Crippen LogP contribution in [-0.2, 0) is 0 Å². The maximum absolute atomic E-state index is 12.3. The Morgan fingerprint density at radius 2 is 1.63 bits per heavy atom. The van der Waals surface area contributed by atoms with Gasteiger partial charge in [-0.15, -0.1) is 0 Å². The lowest BCUT2D eigenvalue weighted by atomic mass is 9.96. The van der Waals surface area contributed by atoms with E-state index >= 15 is 0 Å². The van der Waals surface area contributed by atoms with E-state index in [0.717, 1.165) is 40.8 Å². The van der Waals surface area contributed by atoms with Gasteiger partial charge in [0.1, 0.15) is 0 Å². The molecule has 0 saturated carbocycles. The van der Waals surface area contributed by atoms with E-state index in [1.54, 1.807) is 24.3 Å². The van der Waals surface area contributed by atoms with Crippen molar-refractivity contribution in [1.29, 1.82) is 0 Å². The Hall–Kier alpha value is -1.65. The molecule has 27 heavy (non-hydrogen) atoms. The number of allylic oxidation sites excluding steroid dienone is 1. The minimum Gasteiger partial charge on any atom is -0.327 e. The molecule has 138 valence electrons. The lowest BCUT2D eigenvalue weighted by molar-refractivity contribution is 0.239. The predicted molar refractivity (Wildman–Crippen MR) is 112 cm³/mol. The number of rotatable bonds is 2. The highest BCUT2D eigenvalue weighted by molar-refractivity contribution is 6.36. The van der Waals surface area contributed by atoms with Crippen LogP contribution in [0.15, 0.2) is 53.2 Å². The molecular weight excluding hydrogens is 426 g/mol. The van der Waals surface area contributed by atoms with Gasteiger partial charge in [0.05, 0.1) is 6.04 Å². The van der Waals surface area contributed by atoms with Crippen LogP contribution in [0, 0.1) is 0 Å². The van der Waals surface area contributed by atoms with Gasteiger partial charge in [0.25, 0.3) is 0 Å². The highest BCUT2D eigenvalue weighted by Crippen LogP contribution is 2.42. The van der Waals surface area contributed by atoms with E-state index in [1.807, 2.05) is 18.2 Å². The highest BCUT2D eigenvalue weighted by atomic mass is 35.5. The van der Waals surface area contributed by atoms with Gasteiger partial charge >= 0.3 is 6.03 Å². The van der Waals surface area contributed by atoms with Crippen molar-refractivity contribution in [2.24, 2.45) is 0 Å². The molecule has 1 heterocycles. The Labute approximate surface area is 176 Å². The zero-order valence-electron chi connectivity index (χ0n) is 14.0. The standard InChI is InChI=1S/C20H14Cl4N2O/c21-12-3-1-10(16(23)8-12)7-11-2-5-15-18(11)25-20(27)26-19(15)14-6-4-13(22)9-17(14)24/h1,3-4,6-9,19H,2,5H2,(H2,25,26,27). The number of amides is 2. The summed E-state index contributed by atoms with van der Waals surface area (Å²) in [5.41, 5.74) is 4.64. The van der Waals surface area contributed by atoms with Crippen molar-refractivity contribution < 1.29 is 4.79 Å². The molecule has 0 fully saturated rings. The summed E-state index contributed by atoms with van der Waals surface area (Å²) >= 11 is 24.7. The number of halogens is 4. The summed E-state index contributed by atoms with van der Waals surface area (Å²) in [6.45, 7) is 0. The van der Waals surface area contributed by atoms with Gasteiger partial charge in [-0.2, -0.15) is 0 Å². The van der Waals surface area contributed by atoms with Crippen molar-refractivity contribution >= 4 is 58.5 Å². The van der Waals surface area contributed by atoms with Gasteiger partial charge in [-0.3, -0.25) is 0 Å². The monoisotopic (exact) mass is 438 g/mol. The fraction of sp³-hybridized carbons (Fsp3) is 0.150. The van der Waals surface area contributed by atoms with Crippen LogP contribution in [0.25, 0.3) is 6.08 Å². The maximum atomic E-state index is 12.3. The molecule has 2 aromatic carbocycles. The van der Waals surface area contributed by atoms with Crippen LogP contribution in [0.2, 0.25) is 20.1 Å². The number of nitrogens with one attached hydrogen (secondary N) is 2. The molecule has 0 radical (unpaired) electrons. The van der Waals surface area contributed by atoms with E-state index in [-0.39, 0.29) is 12.1 Å². The molecule has 1 aliphatic carbocycles. The molecule has 2 amide bonds. The predicted octanol–water partition coefficient (Wildman–Crippen LogP) is 6.79. The Kier molecular flexibility index (Phi) is 5.13. The van der Waals surface area contributed by atoms with E-state index in [0.29, 0.717) is 20.1 Å². The molecule has 0 saturated heterocycles. The largest absolute Gasteiger partial charge is 0.327 e. The second-order valence-corrected chi connectivity index (χ2v) is 8.12. The van der Waals surface area contributed by atoms with Crippen LogP contribution in [0.5, 0.6) is 0 Å². The summed E-state index contributed by atoms with van der Waals surface area (Å²) in [6.07, 6.45) is 3.60. The maximum Gasteiger partial charge on any atom is 0.319 e. The third kappa shape index (κ3) is 3.70. The third-order valence-electron chi connectivity index (χ3n) is 4.73. The number of hydrogen-bond acceptors (Lipinski definition) is 1. The van der Waals surface area contributed by atoms with Crippen LogP contribution in [0.3, 0.4) is 0 Å². The zero-order valence-corrected chi connectivity index (χ0v) is 17.0. The first-order valence-electron chi connectivity index (χ1n) is 8.34. The van der Waals surface area contributed by atoms with Crippen LogP contribution in [0.4, 0.5) is 4.79 Å². The molecule has 3 nitrogen and oxygen atoms in total. The Morgan fingerprint density at radius 3 is 2.33 bits per heavy atom. The first-order valence-corrected chi connectivity index (χ1v) is 9.85. The minimum atomic E-state index is -0.287. The molecule has 0 spiro atoms. The van der Waals surface area contributed by atoms with Crippen molar-refractivity contribution in [3.63, 3.8) is 0 Å². The van der Waals surface area contributed by atoms with Gasteiger partial charge in [-0.25, -0.2) is 4.79 Å². The van der Waals surface area contributed by atoms with E-state index in [4.69, 9.17) is 46.4 Å². The summed E-state index contributed by atoms with van der Waals surface area (Å²) < 4.78 is 0. The van der Waals surface area contributed by atoms with Crippen LogP contribution < -0.4 is 10.6 Å². The van der Waals surface area contributed by atoms with Gasteiger partial charge in [0, 0.05) is 25.8 Å². The average molecular weight is 440 g/mol. The first-order chi connectivity index (χ1) is 12.9. The fourth-order valence-electron chi connectivity index (χ4n) is 3.49. The van der Waals surface area contributed by atoms with Crippen LogP contribution in [-0.4, -0.2) is 6.03 Å². The molecule has 7 heteroatoms. The number of benzene rings is 2. The summed E-state index contributed by atoms with van der Waals surface area (Å²) in [6, 6.07) is 10.1. The van der Waals surface area contributed by atoms with Gasteiger partial charge in [0.2, 0.25) is 0 Å².